The molecule has 0 unspecified atom stereocenters. The molecule has 0 N–H and O–H groups in total. The number of fused-ring (bicyclic) bond motifs is 1. The maximum atomic E-state index is 5.96. The molecule has 0 amide bonds. The van der Waals surface area contributed by atoms with Crippen LogP contribution in [0.4, 0.5) is 0 Å². The Morgan fingerprint density at radius 2 is 2.08 bits per heavy atom. The minimum absolute atomic E-state index is 0.495. The number of para-hydroxylation sites is 1. The number of nitrogens with zero attached hydrogens (tertiary/aromatic N) is 2. The van der Waals surface area contributed by atoms with E-state index in [1.54, 1.807) is 4.68 Å². The third-order valence-corrected chi connectivity index (χ3v) is 2.35. The average Bonchev–Trinajstić information content (AvgIpc) is 2.29. The van der Waals surface area contributed by atoms with Crippen molar-refractivity contribution in [1.29, 1.82) is 0 Å². The lowest BCUT2D eigenvalue weighted by atomic mass is 10.2. The molecule has 0 aliphatic heterocycles. The molecule has 0 saturated heterocycles. The topological polar surface area (TPSA) is 17.8 Å². The molecule has 2 aromatic rings. The van der Waals surface area contributed by atoms with Crippen molar-refractivity contribution < 1.29 is 0 Å². The van der Waals surface area contributed by atoms with E-state index in [1.807, 2.05) is 25.2 Å². The predicted octanol–water partition coefficient (Wildman–Crippen LogP) is 2.88. The van der Waals surface area contributed by atoms with E-state index in [-0.39, 0.29) is 0 Å². The third-order valence-electron chi connectivity index (χ3n) is 1.77. The van der Waals surface area contributed by atoms with Gasteiger partial charge in [-0.3, -0.25) is 4.68 Å². The summed E-state index contributed by atoms with van der Waals surface area (Å²) in [6.07, 6.45) is 0. The Morgan fingerprint density at radius 1 is 1.33 bits per heavy atom. The first-order valence-electron chi connectivity index (χ1n) is 3.47. The van der Waals surface area contributed by atoms with Gasteiger partial charge in [0, 0.05) is 12.4 Å². The zero-order valence-corrected chi connectivity index (χ0v) is 7.89. The summed E-state index contributed by atoms with van der Waals surface area (Å²) in [5.41, 5.74) is 0.879. The van der Waals surface area contributed by atoms with E-state index in [4.69, 9.17) is 23.2 Å². The summed E-state index contributed by atoms with van der Waals surface area (Å²) < 4.78 is 1.68. The first-order valence-corrected chi connectivity index (χ1v) is 4.22. The largest absolute Gasteiger partial charge is 0.265 e. The van der Waals surface area contributed by atoms with Crippen LogP contribution in [0.15, 0.2) is 18.2 Å². The van der Waals surface area contributed by atoms with Crippen molar-refractivity contribution in [1.82, 2.24) is 9.78 Å². The molecule has 2 nitrogen and oxygen atoms in total. The number of benzene rings is 1. The number of hydrogen-bond donors (Lipinski definition) is 0. The van der Waals surface area contributed by atoms with E-state index in [9.17, 15) is 0 Å². The van der Waals surface area contributed by atoms with Crippen LogP contribution in [0.5, 0.6) is 0 Å². The van der Waals surface area contributed by atoms with Crippen LogP contribution >= 0.6 is 23.2 Å². The van der Waals surface area contributed by atoms with Crippen molar-refractivity contribution in [3.63, 3.8) is 0 Å². The monoisotopic (exact) mass is 200 g/mol. The van der Waals surface area contributed by atoms with Crippen LogP contribution in [-0.4, -0.2) is 9.78 Å². The van der Waals surface area contributed by atoms with Crippen LogP contribution < -0.4 is 0 Å². The van der Waals surface area contributed by atoms with Gasteiger partial charge in [0.05, 0.1) is 10.5 Å². The van der Waals surface area contributed by atoms with E-state index in [0.29, 0.717) is 10.2 Å². The van der Waals surface area contributed by atoms with E-state index in [2.05, 4.69) is 5.10 Å². The van der Waals surface area contributed by atoms with E-state index < -0.39 is 0 Å². The van der Waals surface area contributed by atoms with Gasteiger partial charge in [-0.1, -0.05) is 29.3 Å². The summed E-state index contributed by atoms with van der Waals surface area (Å²) in [5, 5.41) is 6.11. The van der Waals surface area contributed by atoms with E-state index in [0.717, 1.165) is 10.9 Å². The van der Waals surface area contributed by atoms with Gasteiger partial charge in [0.25, 0.3) is 0 Å². The highest BCUT2D eigenvalue weighted by atomic mass is 35.5. The lowest BCUT2D eigenvalue weighted by Crippen LogP contribution is -1.89. The Hall–Kier alpha value is -0.730. The van der Waals surface area contributed by atoms with Gasteiger partial charge in [0.2, 0.25) is 0 Å². The number of aryl methyl sites for hydroxylation is 1. The highest BCUT2D eigenvalue weighted by Crippen LogP contribution is 2.27. The number of aromatic nitrogens is 2. The molecule has 0 bridgehead atoms. The third kappa shape index (κ3) is 0.993. The van der Waals surface area contributed by atoms with Crippen molar-refractivity contribution in [3.8, 4) is 0 Å². The van der Waals surface area contributed by atoms with Gasteiger partial charge in [0.15, 0.2) is 5.15 Å². The second kappa shape index (κ2) is 2.64. The van der Waals surface area contributed by atoms with Crippen LogP contribution in [0.1, 0.15) is 0 Å². The minimum atomic E-state index is 0.495. The van der Waals surface area contributed by atoms with Crippen molar-refractivity contribution in [2.24, 2.45) is 7.05 Å². The van der Waals surface area contributed by atoms with Gasteiger partial charge in [-0.25, -0.2) is 0 Å². The molecule has 1 heterocycles. The molecule has 0 fully saturated rings. The summed E-state index contributed by atoms with van der Waals surface area (Å²) >= 11 is 11.8. The molecule has 1 aromatic carbocycles. The van der Waals surface area contributed by atoms with Gasteiger partial charge in [-0.15, -0.1) is 0 Å². The summed E-state index contributed by atoms with van der Waals surface area (Å²) in [6.45, 7) is 0. The minimum Gasteiger partial charge on any atom is -0.265 e. The Labute approximate surface area is 79.7 Å². The second-order valence-electron chi connectivity index (χ2n) is 2.55. The highest BCUT2D eigenvalue weighted by Gasteiger charge is 2.07. The maximum absolute atomic E-state index is 5.96. The summed E-state index contributed by atoms with van der Waals surface area (Å²) in [6, 6.07) is 5.58. The van der Waals surface area contributed by atoms with Crippen LogP contribution in [0.25, 0.3) is 10.9 Å². The Balaban J connectivity index is 2.99. The molecule has 0 radical (unpaired) electrons. The van der Waals surface area contributed by atoms with E-state index >= 15 is 0 Å². The normalized spacial score (nSPS) is 10.9. The fourth-order valence-electron chi connectivity index (χ4n) is 1.25. The first kappa shape index (κ1) is 7.90. The van der Waals surface area contributed by atoms with Crippen LogP contribution in [0.2, 0.25) is 10.2 Å². The Bertz CT molecular complexity index is 434. The SMILES string of the molecule is Cn1nc(Cl)c2cccc(Cl)c21. The number of hydrogen-bond acceptors (Lipinski definition) is 1. The Kier molecular flexibility index (Phi) is 1.74. The lowest BCUT2D eigenvalue weighted by Gasteiger charge is -1.94. The van der Waals surface area contributed by atoms with Crippen LogP contribution in [0.3, 0.4) is 0 Å². The molecule has 12 heavy (non-hydrogen) atoms. The molecule has 0 spiro atoms. The summed E-state index contributed by atoms with van der Waals surface area (Å²) in [4.78, 5) is 0. The Morgan fingerprint density at radius 3 is 2.75 bits per heavy atom. The van der Waals surface area contributed by atoms with E-state index in [1.165, 1.54) is 0 Å². The van der Waals surface area contributed by atoms with Gasteiger partial charge in [-0.2, -0.15) is 5.10 Å². The predicted molar refractivity (Wildman–Crippen MR) is 50.7 cm³/mol. The molecule has 0 atom stereocenters. The van der Waals surface area contributed by atoms with Gasteiger partial charge < -0.3 is 0 Å². The van der Waals surface area contributed by atoms with Gasteiger partial charge >= 0.3 is 0 Å². The second-order valence-corrected chi connectivity index (χ2v) is 3.32. The highest BCUT2D eigenvalue weighted by molar-refractivity contribution is 6.38. The zero-order valence-electron chi connectivity index (χ0n) is 6.38. The van der Waals surface area contributed by atoms with Gasteiger partial charge in [0.1, 0.15) is 0 Å². The lowest BCUT2D eigenvalue weighted by molar-refractivity contribution is 0.797. The molecule has 62 valence electrons. The fourth-order valence-corrected chi connectivity index (χ4v) is 1.81. The van der Waals surface area contributed by atoms with Crippen molar-refractivity contribution in [2.45, 2.75) is 0 Å². The summed E-state index contributed by atoms with van der Waals surface area (Å²) in [5.74, 6) is 0. The number of rotatable bonds is 0. The molecule has 2 rings (SSSR count). The molecular formula is C8H6Cl2N2. The standard InChI is InChI=1S/C8H6Cl2N2/c1-12-7-5(8(10)11-12)3-2-4-6(7)9/h2-4H,1H3. The molecule has 0 aliphatic carbocycles. The van der Waals surface area contributed by atoms with Crippen molar-refractivity contribution in [2.75, 3.05) is 0 Å². The first-order chi connectivity index (χ1) is 5.70. The maximum Gasteiger partial charge on any atom is 0.158 e. The molecule has 0 aliphatic rings. The molecule has 4 heteroatoms. The van der Waals surface area contributed by atoms with Gasteiger partial charge in [-0.05, 0) is 12.1 Å². The van der Waals surface area contributed by atoms with Crippen LogP contribution in [-0.2, 0) is 7.05 Å². The fraction of sp³-hybridized carbons (Fsp3) is 0.125. The van der Waals surface area contributed by atoms with Crippen LogP contribution in [0, 0.1) is 0 Å². The summed E-state index contributed by atoms with van der Waals surface area (Å²) in [7, 11) is 1.82. The van der Waals surface area contributed by atoms with Crippen molar-refractivity contribution in [3.05, 3.63) is 28.4 Å². The zero-order chi connectivity index (χ0) is 8.72. The molecular weight excluding hydrogens is 195 g/mol. The number of halogens is 2. The average molecular weight is 201 g/mol. The molecule has 0 saturated carbocycles. The van der Waals surface area contributed by atoms with Crippen molar-refractivity contribution >= 4 is 34.1 Å². The smallest absolute Gasteiger partial charge is 0.158 e. The quantitative estimate of drug-likeness (QED) is 0.640. The molecule has 1 aromatic heterocycles.